The van der Waals surface area contributed by atoms with Gasteiger partial charge in [-0.25, -0.2) is 9.67 Å². The third-order valence-electron chi connectivity index (χ3n) is 3.66. The van der Waals surface area contributed by atoms with E-state index in [0.29, 0.717) is 17.0 Å². The Bertz CT molecular complexity index is 1080. The van der Waals surface area contributed by atoms with Gasteiger partial charge in [0, 0.05) is 30.1 Å². The van der Waals surface area contributed by atoms with Crippen LogP contribution in [0.2, 0.25) is 0 Å². The van der Waals surface area contributed by atoms with Crippen molar-refractivity contribution >= 4 is 0 Å². The molecule has 140 valence electrons. The largest absolute Gasteiger partial charge is 0.439 e. The average molecular weight is 384 g/mol. The molecule has 0 amide bonds. The van der Waals surface area contributed by atoms with Crippen LogP contribution in [0, 0.1) is 0 Å². The monoisotopic (exact) mass is 384 g/mol. The second kappa shape index (κ2) is 7.06. The molecule has 4 aromatic rings. The van der Waals surface area contributed by atoms with Gasteiger partial charge in [0.25, 0.3) is 0 Å². The number of ether oxygens (including phenoxy) is 1. The minimum absolute atomic E-state index is 0.111. The fourth-order valence-corrected chi connectivity index (χ4v) is 2.41. The number of benzene rings is 1. The van der Waals surface area contributed by atoms with Gasteiger partial charge in [-0.05, 0) is 24.3 Å². The minimum Gasteiger partial charge on any atom is -0.439 e. The quantitative estimate of drug-likeness (QED) is 0.531. The van der Waals surface area contributed by atoms with Crippen molar-refractivity contribution in [2.24, 2.45) is 0 Å². The number of halogens is 3. The van der Waals surface area contributed by atoms with Crippen molar-refractivity contribution in [2.45, 2.75) is 6.18 Å². The third kappa shape index (κ3) is 3.80. The number of rotatable bonds is 4. The number of hydrogen-bond acceptors (Lipinski definition) is 6. The summed E-state index contributed by atoms with van der Waals surface area (Å²) in [5, 5.41) is 7.58. The lowest BCUT2D eigenvalue weighted by atomic mass is 10.2. The molecular formula is C18H11F3N6O. The molecule has 0 fully saturated rings. The van der Waals surface area contributed by atoms with Crippen LogP contribution in [-0.2, 0) is 6.18 Å². The molecule has 3 heterocycles. The summed E-state index contributed by atoms with van der Waals surface area (Å²) in [5.41, 5.74) is -0.0754. The molecule has 0 atom stereocenters. The van der Waals surface area contributed by atoms with Crippen LogP contribution in [0.4, 0.5) is 13.2 Å². The number of nitrogens with zero attached hydrogens (tertiary/aromatic N) is 6. The van der Waals surface area contributed by atoms with E-state index in [0.717, 1.165) is 6.07 Å². The van der Waals surface area contributed by atoms with Crippen molar-refractivity contribution in [1.29, 1.82) is 0 Å². The Morgan fingerprint density at radius 3 is 2.46 bits per heavy atom. The van der Waals surface area contributed by atoms with Crippen molar-refractivity contribution in [3.05, 3.63) is 72.9 Å². The fraction of sp³-hybridized carbons (Fsp3) is 0.0556. The van der Waals surface area contributed by atoms with Gasteiger partial charge in [-0.1, -0.05) is 11.3 Å². The van der Waals surface area contributed by atoms with Crippen LogP contribution in [0.15, 0.2) is 67.3 Å². The molecule has 10 heteroatoms. The maximum Gasteiger partial charge on any atom is 0.433 e. The number of pyridine rings is 1. The maximum absolute atomic E-state index is 13.3. The Hall–Kier alpha value is -3.82. The van der Waals surface area contributed by atoms with Crippen LogP contribution in [0.25, 0.3) is 17.1 Å². The number of hydrogen-bond donors (Lipinski definition) is 0. The number of aromatic nitrogens is 6. The van der Waals surface area contributed by atoms with Crippen LogP contribution >= 0.6 is 0 Å². The van der Waals surface area contributed by atoms with Crippen LogP contribution < -0.4 is 4.74 Å². The molecule has 0 aliphatic carbocycles. The lowest BCUT2D eigenvalue weighted by molar-refractivity contribution is -0.141. The van der Waals surface area contributed by atoms with Gasteiger partial charge < -0.3 is 4.74 Å². The van der Waals surface area contributed by atoms with Crippen molar-refractivity contribution < 1.29 is 17.9 Å². The van der Waals surface area contributed by atoms with Gasteiger partial charge in [-0.15, -0.1) is 5.10 Å². The SMILES string of the molecule is FC(F)(F)c1cc(Oc2cccc(-n3ccnn3)c2)nc(-c2ccncc2)n1. The molecule has 3 aromatic heterocycles. The Morgan fingerprint density at radius 1 is 0.929 bits per heavy atom. The first-order valence-corrected chi connectivity index (χ1v) is 8.00. The van der Waals surface area contributed by atoms with Crippen molar-refractivity contribution in [2.75, 3.05) is 0 Å². The summed E-state index contributed by atoms with van der Waals surface area (Å²) >= 11 is 0. The topological polar surface area (TPSA) is 78.6 Å². The van der Waals surface area contributed by atoms with Crippen LogP contribution in [-0.4, -0.2) is 29.9 Å². The smallest absolute Gasteiger partial charge is 0.433 e. The van der Waals surface area contributed by atoms with Crippen molar-refractivity contribution in [3.8, 4) is 28.7 Å². The minimum atomic E-state index is -4.65. The highest BCUT2D eigenvalue weighted by molar-refractivity contribution is 5.55. The Labute approximate surface area is 156 Å². The summed E-state index contributed by atoms with van der Waals surface area (Å²) in [4.78, 5) is 11.6. The predicted molar refractivity (Wildman–Crippen MR) is 91.7 cm³/mol. The Morgan fingerprint density at radius 2 is 1.75 bits per heavy atom. The van der Waals surface area contributed by atoms with Gasteiger partial charge >= 0.3 is 6.18 Å². The maximum atomic E-state index is 13.3. The summed E-state index contributed by atoms with van der Waals surface area (Å²) in [6.45, 7) is 0. The zero-order valence-electron chi connectivity index (χ0n) is 14.1. The fourth-order valence-electron chi connectivity index (χ4n) is 2.41. The second-order valence-electron chi connectivity index (χ2n) is 5.60. The van der Waals surface area contributed by atoms with E-state index in [1.54, 1.807) is 30.5 Å². The molecule has 0 spiro atoms. The van der Waals surface area contributed by atoms with E-state index in [9.17, 15) is 13.2 Å². The van der Waals surface area contributed by atoms with E-state index in [1.807, 2.05) is 0 Å². The highest BCUT2D eigenvalue weighted by Crippen LogP contribution is 2.32. The molecule has 1 aromatic carbocycles. The summed E-state index contributed by atoms with van der Waals surface area (Å²) in [6.07, 6.45) is 1.38. The first kappa shape index (κ1) is 17.6. The van der Waals surface area contributed by atoms with Gasteiger partial charge in [0.05, 0.1) is 18.1 Å². The summed E-state index contributed by atoms with van der Waals surface area (Å²) in [5.74, 6) is -0.0509. The standard InChI is InChI=1S/C18H11F3N6O/c19-18(20,21)15-11-16(25-17(24-15)12-4-6-22-7-5-12)28-14-3-1-2-13(10-14)27-9-8-23-26-27/h1-11H. The molecule has 0 aliphatic rings. The molecule has 4 rings (SSSR count). The molecule has 0 unspecified atom stereocenters. The molecule has 28 heavy (non-hydrogen) atoms. The lowest BCUT2D eigenvalue weighted by Gasteiger charge is -2.12. The Balaban J connectivity index is 1.72. The van der Waals surface area contributed by atoms with E-state index < -0.39 is 11.9 Å². The molecular weight excluding hydrogens is 373 g/mol. The van der Waals surface area contributed by atoms with Crippen LogP contribution in [0.1, 0.15) is 5.69 Å². The summed E-state index contributed by atoms with van der Waals surface area (Å²) in [6, 6.07) is 10.4. The number of alkyl halides is 3. The molecule has 0 bridgehead atoms. The van der Waals surface area contributed by atoms with Gasteiger partial charge in [0.15, 0.2) is 11.5 Å². The first-order valence-electron chi connectivity index (χ1n) is 8.00. The van der Waals surface area contributed by atoms with E-state index in [2.05, 4.69) is 25.3 Å². The van der Waals surface area contributed by atoms with E-state index in [1.165, 1.54) is 35.4 Å². The predicted octanol–water partition coefficient (Wildman–Crippen LogP) is 3.93. The van der Waals surface area contributed by atoms with Gasteiger partial charge in [0.2, 0.25) is 5.88 Å². The van der Waals surface area contributed by atoms with Gasteiger partial charge in [-0.3, -0.25) is 4.98 Å². The molecule has 0 saturated carbocycles. The molecule has 0 radical (unpaired) electrons. The second-order valence-corrected chi connectivity index (χ2v) is 5.60. The zero-order valence-corrected chi connectivity index (χ0v) is 14.1. The molecule has 7 nitrogen and oxygen atoms in total. The van der Waals surface area contributed by atoms with Gasteiger partial charge in [-0.2, -0.15) is 18.2 Å². The van der Waals surface area contributed by atoms with E-state index in [-0.39, 0.29) is 11.7 Å². The Kier molecular flexibility index (Phi) is 4.44. The van der Waals surface area contributed by atoms with E-state index in [4.69, 9.17) is 4.74 Å². The zero-order chi connectivity index (χ0) is 19.6. The van der Waals surface area contributed by atoms with E-state index >= 15 is 0 Å². The summed E-state index contributed by atoms with van der Waals surface area (Å²) < 4.78 is 46.9. The lowest BCUT2D eigenvalue weighted by Crippen LogP contribution is -2.10. The summed E-state index contributed by atoms with van der Waals surface area (Å²) in [7, 11) is 0. The van der Waals surface area contributed by atoms with Crippen LogP contribution in [0.3, 0.4) is 0 Å². The first-order chi connectivity index (χ1) is 13.5. The molecule has 0 N–H and O–H groups in total. The normalized spacial score (nSPS) is 11.4. The molecule has 0 saturated heterocycles. The van der Waals surface area contributed by atoms with Crippen molar-refractivity contribution in [3.63, 3.8) is 0 Å². The highest BCUT2D eigenvalue weighted by Gasteiger charge is 2.34. The van der Waals surface area contributed by atoms with Gasteiger partial charge in [0.1, 0.15) is 5.75 Å². The average Bonchev–Trinajstić information content (AvgIpc) is 3.23. The van der Waals surface area contributed by atoms with Crippen molar-refractivity contribution in [1.82, 2.24) is 29.9 Å². The molecule has 0 aliphatic heterocycles. The highest BCUT2D eigenvalue weighted by atomic mass is 19.4. The van der Waals surface area contributed by atoms with Crippen LogP contribution in [0.5, 0.6) is 11.6 Å². The third-order valence-corrected chi connectivity index (χ3v) is 3.66.